The fraction of sp³-hybridized carbons (Fsp3) is 0.0667. The summed E-state index contributed by atoms with van der Waals surface area (Å²) in [6.45, 7) is 0. The van der Waals surface area contributed by atoms with Gasteiger partial charge in [0.05, 0.1) is 26.5 Å². The van der Waals surface area contributed by atoms with E-state index in [-0.39, 0.29) is 0 Å². The van der Waals surface area contributed by atoms with E-state index in [0.29, 0.717) is 11.8 Å². The molecule has 0 aliphatic rings. The minimum absolute atomic E-state index is 0.369. The zero-order valence-corrected chi connectivity index (χ0v) is 24.4. The van der Waals surface area contributed by atoms with Gasteiger partial charge in [0.15, 0.2) is 17.2 Å². The highest BCUT2D eigenvalue weighted by Crippen LogP contribution is 2.21. The molecule has 2 N–H and O–H groups in total. The van der Waals surface area contributed by atoms with E-state index in [0.717, 1.165) is 33.6 Å². The molecular formula is C30H26N10S2+2. The molecule has 0 saturated carbocycles. The number of thiazole rings is 2. The molecule has 10 nitrogen and oxygen atoms in total. The van der Waals surface area contributed by atoms with E-state index in [1.54, 1.807) is 47.4 Å². The van der Waals surface area contributed by atoms with Crippen molar-refractivity contribution in [2.75, 3.05) is 10.9 Å². The van der Waals surface area contributed by atoms with Crippen LogP contribution in [0.1, 0.15) is 11.1 Å². The fourth-order valence-electron chi connectivity index (χ4n) is 4.74. The minimum Gasteiger partial charge on any atom is -0.261 e. The Morgan fingerprint density at radius 2 is 1.24 bits per heavy atom. The van der Waals surface area contributed by atoms with Crippen LogP contribution in [0, 0.1) is 0 Å². The van der Waals surface area contributed by atoms with Gasteiger partial charge in [0.1, 0.15) is 24.8 Å². The molecule has 5 aromatic heterocycles. The van der Waals surface area contributed by atoms with Crippen LogP contribution in [0.25, 0.3) is 32.4 Å². The molecule has 0 aliphatic heterocycles. The quantitative estimate of drug-likeness (QED) is 0.148. The number of benzene rings is 2. The van der Waals surface area contributed by atoms with Crippen molar-refractivity contribution in [2.24, 2.45) is 24.3 Å². The van der Waals surface area contributed by atoms with E-state index >= 15 is 0 Å². The topological polar surface area (TPSA) is 91.1 Å². The van der Waals surface area contributed by atoms with E-state index < -0.39 is 0 Å². The molecule has 0 aliphatic carbocycles. The van der Waals surface area contributed by atoms with Gasteiger partial charge in [-0.15, -0.1) is 0 Å². The number of rotatable bonds is 8. The van der Waals surface area contributed by atoms with E-state index in [1.807, 2.05) is 24.3 Å². The van der Waals surface area contributed by atoms with Gasteiger partial charge in [-0.1, -0.05) is 46.9 Å². The van der Waals surface area contributed by atoms with Crippen molar-refractivity contribution in [3.63, 3.8) is 0 Å². The van der Waals surface area contributed by atoms with Gasteiger partial charge in [-0.2, -0.15) is 24.0 Å². The van der Waals surface area contributed by atoms with E-state index in [2.05, 4.69) is 123 Å². The second-order valence-electron chi connectivity index (χ2n) is 9.58. The number of hydrazone groups is 2. The lowest BCUT2D eigenvalue weighted by Gasteiger charge is -2.02. The number of anilines is 2. The third-order valence-electron chi connectivity index (χ3n) is 6.89. The van der Waals surface area contributed by atoms with Crippen LogP contribution in [0.3, 0.4) is 0 Å². The Kier molecular flexibility index (Phi) is 6.74. The Bertz CT molecular complexity index is 1920. The first kappa shape index (κ1) is 25.7. The lowest BCUT2D eigenvalue weighted by Crippen LogP contribution is -2.28. The normalized spacial score (nSPS) is 11.9. The molecule has 0 spiro atoms. The molecule has 42 heavy (non-hydrogen) atoms. The molecule has 5 heterocycles. The SMILES string of the molecule is C[n+]1c(-c2ccc(/C=N\Nc3ccnc(N/N=C/c4ccc(-c5cn6ccsc6[n+]5C)cc4)n3)cc2)cn2ccsc21. The lowest BCUT2D eigenvalue weighted by atomic mass is 10.1. The van der Waals surface area contributed by atoms with Crippen LogP contribution in [0.2, 0.25) is 0 Å². The van der Waals surface area contributed by atoms with Crippen LogP contribution in [0.4, 0.5) is 11.8 Å². The van der Waals surface area contributed by atoms with Gasteiger partial charge < -0.3 is 0 Å². The smallest absolute Gasteiger partial charge is 0.261 e. The molecule has 0 radical (unpaired) electrons. The van der Waals surface area contributed by atoms with Crippen molar-refractivity contribution in [1.82, 2.24) is 18.8 Å². The summed E-state index contributed by atoms with van der Waals surface area (Å²) in [5.41, 5.74) is 12.4. The largest absolute Gasteiger partial charge is 0.345 e. The predicted molar refractivity (Wildman–Crippen MR) is 168 cm³/mol. The third kappa shape index (κ3) is 5.04. The van der Waals surface area contributed by atoms with Crippen molar-refractivity contribution in [2.45, 2.75) is 0 Å². The first-order valence-corrected chi connectivity index (χ1v) is 14.9. The molecule has 0 atom stereocenters. The van der Waals surface area contributed by atoms with Crippen molar-refractivity contribution >= 4 is 56.8 Å². The molecule has 7 rings (SSSR count). The van der Waals surface area contributed by atoms with Gasteiger partial charge in [0.2, 0.25) is 5.95 Å². The van der Waals surface area contributed by atoms with Gasteiger partial charge in [-0.25, -0.2) is 19.5 Å². The summed E-state index contributed by atoms with van der Waals surface area (Å²) in [5.74, 6) is 0.926. The number of hydrogen-bond acceptors (Lipinski definition) is 8. The van der Waals surface area contributed by atoms with Gasteiger partial charge in [-0.3, -0.25) is 5.43 Å². The Morgan fingerprint density at radius 3 is 1.76 bits per heavy atom. The second kappa shape index (κ2) is 11.0. The average molecular weight is 591 g/mol. The zero-order valence-electron chi connectivity index (χ0n) is 22.8. The number of fused-ring (bicyclic) bond motifs is 2. The number of aryl methyl sites for hydroxylation is 2. The highest BCUT2D eigenvalue weighted by atomic mass is 32.1. The Hall–Kier alpha value is -5.20. The van der Waals surface area contributed by atoms with Crippen molar-refractivity contribution in [3.05, 3.63) is 107 Å². The highest BCUT2D eigenvalue weighted by molar-refractivity contribution is 7.15. The predicted octanol–water partition coefficient (Wildman–Crippen LogP) is 4.98. The Labute approximate surface area is 249 Å². The van der Waals surface area contributed by atoms with E-state index in [1.165, 1.54) is 9.92 Å². The Morgan fingerprint density at radius 1 is 0.714 bits per heavy atom. The average Bonchev–Trinajstić information content (AvgIpc) is 3.79. The number of imidazole rings is 2. The summed E-state index contributed by atoms with van der Waals surface area (Å²) in [5, 5.41) is 12.8. The Balaban J connectivity index is 0.953. The van der Waals surface area contributed by atoms with Gasteiger partial charge in [-0.05, 0) is 35.4 Å². The highest BCUT2D eigenvalue weighted by Gasteiger charge is 2.17. The van der Waals surface area contributed by atoms with Crippen LogP contribution in [0.5, 0.6) is 0 Å². The number of aromatic nitrogens is 6. The van der Waals surface area contributed by atoms with Crippen LogP contribution in [-0.4, -0.2) is 31.2 Å². The summed E-state index contributed by atoms with van der Waals surface area (Å²) in [4.78, 5) is 11.1. The van der Waals surface area contributed by atoms with Crippen LogP contribution in [0.15, 0.2) is 107 Å². The molecule has 0 unspecified atom stereocenters. The van der Waals surface area contributed by atoms with Crippen molar-refractivity contribution in [1.29, 1.82) is 0 Å². The molecule has 0 fully saturated rings. The molecular weight excluding hydrogens is 565 g/mol. The maximum atomic E-state index is 4.42. The molecule has 0 amide bonds. The number of nitrogens with zero attached hydrogens (tertiary/aromatic N) is 8. The fourth-order valence-corrected chi connectivity index (χ4v) is 6.35. The molecule has 0 saturated heterocycles. The van der Waals surface area contributed by atoms with Crippen molar-refractivity contribution < 1.29 is 9.13 Å². The maximum Gasteiger partial charge on any atom is 0.345 e. The number of hydrogen-bond donors (Lipinski definition) is 2. The molecule has 12 heteroatoms. The van der Waals surface area contributed by atoms with Crippen LogP contribution < -0.4 is 20.0 Å². The molecule has 7 aromatic rings. The van der Waals surface area contributed by atoms with E-state index in [9.17, 15) is 0 Å². The molecule has 2 aromatic carbocycles. The van der Waals surface area contributed by atoms with Crippen LogP contribution in [-0.2, 0) is 14.1 Å². The first-order chi connectivity index (χ1) is 20.6. The second-order valence-corrected chi connectivity index (χ2v) is 11.3. The van der Waals surface area contributed by atoms with Gasteiger partial charge in [0, 0.05) is 34.2 Å². The summed E-state index contributed by atoms with van der Waals surface area (Å²) >= 11 is 3.44. The molecule has 206 valence electrons. The standard InChI is InChI=1S/C30H26N10S2/c1-37-25(19-39-13-15-41-29(37)39)23-7-3-21(4-8-23)17-32-35-27-11-12-31-28(34-27)36-33-18-22-5-9-24(10-6-22)26-20-40-14-16-42-30(40)38(26)2/h3-20H,1-2H3,(H2,31,34,35,36)/q+2/b32-17-,33-18+. The zero-order chi connectivity index (χ0) is 28.5. The monoisotopic (exact) mass is 590 g/mol. The van der Waals surface area contributed by atoms with Gasteiger partial charge >= 0.3 is 9.92 Å². The van der Waals surface area contributed by atoms with E-state index in [4.69, 9.17) is 0 Å². The third-order valence-corrected chi connectivity index (χ3v) is 8.80. The molecule has 0 bridgehead atoms. The first-order valence-electron chi connectivity index (χ1n) is 13.1. The summed E-state index contributed by atoms with van der Waals surface area (Å²) < 4.78 is 8.67. The summed E-state index contributed by atoms with van der Waals surface area (Å²) in [7, 11) is 4.17. The summed E-state index contributed by atoms with van der Waals surface area (Å²) in [6, 6.07) is 18.3. The van der Waals surface area contributed by atoms with Gasteiger partial charge in [0.25, 0.3) is 0 Å². The van der Waals surface area contributed by atoms with Crippen LogP contribution >= 0.6 is 22.7 Å². The summed E-state index contributed by atoms with van der Waals surface area (Å²) in [6.07, 6.45) is 13.6. The van der Waals surface area contributed by atoms with Crippen molar-refractivity contribution in [3.8, 4) is 22.5 Å². The lowest BCUT2D eigenvalue weighted by molar-refractivity contribution is -0.631. The minimum atomic E-state index is 0.369. The number of nitrogens with one attached hydrogen (secondary N) is 2. The maximum absolute atomic E-state index is 4.42.